The topological polar surface area (TPSA) is 105 Å². The molecule has 8 nitrogen and oxygen atoms in total. The molecule has 1 saturated heterocycles. The summed E-state index contributed by atoms with van der Waals surface area (Å²) >= 11 is 0. The van der Waals surface area contributed by atoms with Crippen LogP contribution in [0.1, 0.15) is 34.1 Å². The van der Waals surface area contributed by atoms with E-state index >= 15 is 0 Å². The maximum Gasteiger partial charge on any atom is 0.338 e. The van der Waals surface area contributed by atoms with Crippen LogP contribution in [0.25, 0.3) is 43.6 Å². The Bertz CT molecular complexity index is 1530. The van der Waals surface area contributed by atoms with Crippen LogP contribution in [0.15, 0.2) is 42.5 Å². The molecule has 1 aliphatic heterocycles. The van der Waals surface area contributed by atoms with Gasteiger partial charge in [-0.15, -0.1) is 0 Å². The molecule has 0 unspecified atom stereocenters. The Kier molecular flexibility index (Phi) is 5.62. The first kappa shape index (κ1) is 22.6. The lowest BCUT2D eigenvalue weighted by Crippen LogP contribution is -2.19. The summed E-state index contributed by atoms with van der Waals surface area (Å²) in [6, 6.07) is 13.3. The van der Waals surface area contributed by atoms with Gasteiger partial charge in [-0.05, 0) is 62.4 Å². The lowest BCUT2D eigenvalue weighted by atomic mass is 10.0. The van der Waals surface area contributed by atoms with Crippen molar-refractivity contribution < 1.29 is 23.8 Å². The second-order valence-electron chi connectivity index (χ2n) is 9.13. The Labute approximate surface area is 206 Å². The number of rotatable bonds is 7. The van der Waals surface area contributed by atoms with Crippen molar-refractivity contribution in [2.24, 2.45) is 0 Å². The first-order valence-electron chi connectivity index (χ1n) is 12.2. The van der Waals surface area contributed by atoms with E-state index in [0.717, 1.165) is 68.9 Å². The van der Waals surface area contributed by atoms with Crippen molar-refractivity contribution in [1.82, 2.24) is 15.3 Å². The summed E-state index contributed by atoms with van der Waals surface area (Å²) in [5.41, 5.74) is 4.65. The van der Waals surface area contributed by atoms with Gasteiger partial charge in [-0.2, -0.15) is 0 Å². The molecule has 36 heavy (non-hydrogen) atoms. The van der Waals surface area contributed by atoms with Crippen LogP contribution in [-0.2, 0) is 9.47 Å². The zero-order valence-corrected chi connectivity index (χ0v) is 20.2. The van der Waals surface area contributed by atoms with Gasteiger partial charge in [0, 0.05) is 51.8 Å². The number of aromatic nitrogens is 2. The number of nitrogens with one attached hydrogen (secondary N) is 3. The summed E-state index contributed by atoms with van der Waals surface area (Å²) in [4.78, 5) is 32.0. The van der Waals surface area contributed by atoms with Crippen molar-refractivity contribution in [3.05, 3.63) is 53.6 Å². The zero-order valence-electron chi connectivity index (χ0n) is 20.2. The Balaban J connectivity index is 1.62. The number of esters is 1. The molecule has 184 valence electrons. The maximum absolute atomic E-state index is 12.5. The van der Waals surface area contributed by atoms with Crippen molar-refractivity contribution in [3.8, 4) is 5.75 Å². The molecule has 5 aromatic rings. The van der Waals surface area contributed by atoms with Gasteiger partial charge in [0.25, 0.3) is 0 Å². The van der Waals surface area contributed by atoms with Gasteiger partial charge in [-0.1, -0.05) is 0 Å². The molecule has 3 heterocycles. The lowest BCUT2D eigenvalue weighted by molar-refractivity contribution is 0.0526. The Hall–Kier alpha value is -3.88. The summed E-state index contributed by atoms with van der Waals surface area (Å²) in [5, 5.41) is 7.09. The fraction of sp³-hybridized carbons (Fsp3) is 0.286. The van der Waals surface area contributed by atoms with Gasteiger partial charge in [0.1, 0.15) is 12.7 Å². The molecule has 1 aliphatic rings. The summed E-state index contributed by atoms with van der Waals surface area (Å²) in [7, 11) is 1.52. The molecule has 0 amide bonds. The predicted molar refractivity (Wildman–Crippen MR) is 139 cm³/mol. The molecule has 0 radical (unpaired) electrons. The molecule has 8 heteroatoms. The number of H-pyrrole nitrogens is 2. The van der Waals surface area contributed by atoms with Gasteiger partial charge in [-0.25, -0.2) is 4.79 Å². The van der Waals surface area contributed by atoms with Crippen LogP contribution >= 0.6 is 0 Å². The number of hydrogen-bond donors (Lipinski definition) is 3. The second kappa shape index (κ2) is 8.96. The number of carbonyl (C=O) groups excluding carboxylic acids is 2. The highest BCUT2D eigenvalue weighted by molar-refractivity contribution is 6.21. The molecule has 2 aromatic heterocycles. The summed E-state index contributed by atoms with van der Waals surface area (Å²) in [6.07, 6.45) is 0.964. The van der Waals surface area contributed by atoms with Gasteiger partial charge in [0.15, 0.2) is 11.5 Å². The smallest absolute Gasteiger partial charge is 0.338 e. The Morgan fingerprint density at radius 2 is 1.58 bits per heavy atom. The van der Waals surface area contributed by atoms with E-state index in [0.29, 0.717) is 17.7 Å². The third-order valence-electron chi connectivity index (χ3n) is 6.83. The number of ether oxygens (including phenoxy) is 3. The van der Waals surface area contributed by atoms with Crippen LogP contribution < -0.4 is 10.1 Å². The van der Waals surface area contributed by atoms with E-state index in [4.69, 9.17) is 14.2 Å². The Morgan fingerprint density at radius 3 is 2.19 bits per heavy atom. The quantitative estimate of drug-likeness (QED) is 0.228. The normalized spacial score (nSPS) is 15.9. The van der Waals surface area contributed by atoms with Crippen LogP contribution in [0.4, 0.5) is 0 Å². The average Bonchev–Trinajstić information content (AvgIpc) is 3.61. The molecular weight excluding hydrogens is 458 g/mol. The predicted octanol–water partition coefficient (Wildman–Crippen LogP) is 4.70. The van der Waals surface area contributed by atoms with E-state index in [9.17, 15) is 9.59 Å². The minimum absolute atomic E-state index is 0.0280. The second-order valence-corrected chi connectivity index (χ2v) is 9.13. The van der Waals surface area contributed by atoms with Crippen LogP contribution in [-0.4, -0.2) is 61.2 Å². The number of ketones is 1. The molecule has 3 N–H and O–H groups in total. The molecule has 3 aromatic carbocycles. The van der Waals surface area contributed by atoms with E-state index in [1.807, 2.05) is 30.3 Å². The molecule has 1 atom stereocenters. The molecular formula is C28H27N3O5. The largest absolute Gasteiger partial charge is 0.485 e. The van der Waals surface area contributed by atoms with Gasteiger partial charge in [0.2, 0.25) is 0 Å². The average molecular weight is 486 g/mol. The summed E-state index contributed by atoms with van der Waals surface area (Å²) in [5.74, 6) is 0.317. The van der Waals surface area contributed by atoms with Crippen LogP contribution in [0.5, 0.6) is 5.75 Å². The monoisotopic (exact) mass is 485 g/mol. The molecule has 0 bridgehead atoms. The van der Waals surface area contributed by atoms with E-state index in [2.05, 4.69) is 21.4 Å². The number of hydrogen-bond acceptors (Lipinski definition) is 6. The maximum atomic E-state index is 12.5. The van der Waals surface area contributed by atoms with E-state index in [1.165, 1.54) is 7.11 Å². The van der Waals surface area contributed by atoms with Gasteiger partial charge < -0.3 is 29.5 Å². The van der Waals surface area contributed by atoms with Crippen molar-refractivity contribution in [2.45, 2.75) is 19.4 Å². The lowest BCUT2D eigenvalue weighted by Gasteiger charge is -2.14. The number of fused-ring (bicyclic) bond motifs is 6. The van der Waals surface area contributed by atoms with Crippen LogP contribution in [0.3, 0.4) is 0 Å². The third-order valence-corrected chi connectivity index (χ3v) is 6.83. The van der Waals surface area contributed by atoms with Gasteiger partial charge >= 0.3 is 5.97 Å². The van der Waals surface area contributed by atoms with Crippen LogP contribution in [0, 0.1) is 0 Å². The summed E-state index contributed by atoms with van der Waals surface area (Å²) in [6.45, 7) is 3.83. The molecule has 1 fully saturated rings. The fourth-order valence-electron chi connectivity index (χ4n) is 5.10. The molecule has 0 aliphatic carbocycles. The minimum atomic E-state index is -0.350. The van der Waals surface area contributed by atoms with Crippen molar-refractivity contribution >= 4 is 55.4 Å². The van der Waals surface area contributed by atoms with E-state index < -0.39 is 0 Å². The number of Topliss-reactive ketones (excluding diaryl/α,β-unsaturated/α-hetero) is 1. The van der Waals surface area contributed by atoms with Gasteiger partial charge in [-0.3, -0.25) is 4.79 Å². The van der Waals surface area contributed by atoms with Crippen molar-refractivity contribution in [1.29, 1.82) is 0 Å². The van der Waals surface area contributed by atoms with Gasteiger partial charge in [0.05, 0.1) is 23.2 Å². The first-order valence-corrected chi connectivity index (χ1v) is 12.2. The fourth-order valence-corrected chi connectivity index (χ4v) is 5.10. The van der Waals surface area contributed by atoms with Crippen molar-refractivity contribution in [2.75, 3.05) is 33.4 Å². The van der Waals surface area contributed by atoms with Crippen molar-refractivity contribution in [3.63, 3.8) is 0 Å². The molecule has 0 spiro atoms. The summed E-state index contributed by atoms with van der Waals surface area (Å²) < 4.78 is 16.9. The number of methoxy groups -OCH3 is 1. The highest BCUT2D eigenvalue weighted by atomic mass is 16.5. The Morgan fingerprint density at radius 1 is 0.917 bits per heavy atom. The molecule has 0 saturated carbocycles. The highest BCUT2D eigenvalue weighted by Gasteiger charge is 2.23. The number of benzene rings is 3. The first-order chi connectivity index (χ1) is 17.6. The highest BCUT2D eigenvalue weighted by Crippen LogP contribution is 2.42. The zero-order chi connectivity index (χ0) is 24.8. The number of carbonyl (C=O) groups is 2. The standard InChI is InChI=1S/C28H27N3O5/c1-3-35-28(33)16-5-7-23-19(11-16)21-12-20-18-10-15(24(32)14-34-2)4-6-22(18)30-25(20)27(26(21)31-23)36-17-8-9-29-13-17/h4-7,10-12,17,29-31H,3,8-9,13-14H2,1-2H3/t17-/m0/s1. The van der Waals surface area contributed by atoms with E-state index in [-0.39, 0.29) is 24.5 Å². The third kappa shape index (κ3) is 3.70. The molecule has 6 rings (SSSR count). The van der Waals surface area contributed by atoms with Crippen LogP contribution in [0.2, 0.25) is 0 Å². The minimum Gasteiger partial charge on any atom is -0.485 e. The SMILES string of the molecule is CCOC(=O)c1ccc2[nH]c3c(O[C@H]4CCNC4)c4[nH]c5ccc(C(=O)COC)cc5c4cc3c2c1. The van der Waals surface area contributed by atoms with E-state index in [1.54, 1.807) is 13.0 Å². The number of aromatic amines is 2.